The van der Waals surface area contributed by atoms with Crippen LogP contribution in [0.2, 0.25) is 0 Å². The van der Waals surface area contributed by atoms with Crippen LogP contribution in [0.1, 0.15) is 6.92 Å². The molecule has 14 heavy (non-hydrogen) atoms. The molecule has 1 heterocycles. The number of thiol groups is 1. The van der Waals surface area contributed by atoms with Gasteiger partial charge < -0.3 is 18.9 Å². The third kappa shape index (κ3) is 5.82. The molecule has 0 bridgehead atoms. The molecule has 0 spiro atoms. The summed E-state index contributed by atoms with van der Waals surface area (Å²) in [5.41, 5.74) is -0.0344. The van der Waals surface area contributed by atoms with Crippen LogP contribution in [0, 0.1) is 0 Å². The molecule has 0 aromatic carbocycles. The predicted octanol–water partition coefficient (Wildman–Crippen LogP) is 0.711. The number of ether oxygens (including phenoxy) is 4. The standard InChI is InChI=1S/C9H18O4S/c1-8(14)12-4-2-10-6-9-7-11-3-5-13-9/h8-9,14H,2-7H2,1H3. The van der Waals surface area contributed by atoms with Gasteiger partial charge >= 0.3 is 0 Å². The molecule has 5 heteroatoms. The van der Waals surface area contributed by atoms with Crippen LogP contribution in [0.3, 0.4) is 0 Å². The molecular weight excluding hydrogens is 204 g/mol. The first-order valence-corrected chi connectivity index (χ1v) is 5.37. The smallest absolute Gasteiger partial charge is 0.104 e. The van der Waals surface area contributed by atoms with Crippen molar-refractivity contribution in [2.45, 2.75) is 18.5 Å². The molecule has 0 aliphatic carbocycles. The fraction of sp³-hybridized carbons (Fsp3) is 1.00. The predicted molar refractivity (Wildman–Crippen MR) is 55.8 cm³/mol. The highest BCUT2D eigenvalue weighted by Crippen LogP contribution is 2.01. The minimum absolute atomic E-state index is 0.0344. The molecule has 0 aromatic rings. The van der Waals surface area contributed by atoms with Gasteiger partial charge in [0.1, 0.15) is 6.10 Å². The largest absolute Gasteiger partial charge is 0.376 e. The van der Waals surface area contributed by atoms with E-state index in [9.17, 15) is 0 Å². The summed E-state index contributed by atoms with van der Waals surface area (Å²) < 4.78 is 21.2. The maximum atomic E-state index is 5.40. The van der Waals surface area contributed by atoms with E-state index in [4.69, 9.17) is 18.9 Å². The van der Waals surface area contributed by atoms with E-state index in [0.717, 1.165) is 0 Å². The Morgan fingerprint density at radius 3 is 2.93 bits per heavy atom. The number of hydrogen-bond donors (Lipinski definition) is 1. The molecule has 2 atom stereocenters. The molecule has 0 aromatic heterocycles. The summed E-state index contributed by atoms with van der Waals surface area (Å²) in [4.78, 5) is 0. The molecule has 1 rings (SSSR count). The summed E-state index contributed by atoms with van der Waals surface area (Å²) >= 11 is 4.08. The first kappa shape index (κ1) is 12.3. The molecule has 4 nitrogen and oxygen atoms in total. The van der Waals surface area contributed by atoms with Crippen molar-refractivity contribution >= 4 is 12.6 Å². The average Bonchev–Trinajstić information content (AvgIpc) is 2.18. The Balaban J connectivity index is 1.87. The lowest BCUT2D eigenvalue weighted by molar-refractivity contribution is -0.118. The summed E-state index contributed by atoms with van der Waals surface area (Å²) in [6, 6.07) is 0. The fourth-order valence-electron chi connectivity index (χ4n) is 1.13. The molecular formula is C9H18O4S. The molecule has 1 saturated heterocycles. The van der Waals surface area contributed by atoms with Crippen molar-refractivity contribution in [3.05, 3.63) is 0 Å². The minimum Gasteiger partial charge on any atom is -0.376 e. The van der Waals surface area contributed by atoms with Crippen LogP contribution in [0.4, 0.5) is 0 Å². The molecule has 1 aliphatic rings. The second-order valence-corrected chi connectivity index (χ2v) is 3.84. The van der Waals surface area contributed by atoms with Crippen molar-refractivity contribution in [3.8, 4) is 0 Å². The Kier molecular flexibility index (Phi) is 6.55. The van der Waals surface area contributed by atoms with Gasteiger partial charge in [0.25, 0.3) is 0 Å². The molecule has 0 radical (unpaired) electrons. The summed E-state index contributed by atoms with van der Waals surface area (Å²) in [6.45, 7) is 5.58. The lowest BCUT2D eigenvalue weighted by Gasteiger charge is -2.22. The zero-order valence-corrected chi connectivity index (χ0v) is 9.37. The van der Waals surface area contributed by atoms with Crippen molar-refractivity contribution in [1.82, 2.24) is 0 Å². The van der Waals surface area contributed by atoms with Gasteiger partial charge in [0.15, 0.2) is 0 Å². The molecule has 1 aliphatic heterocycles. The van der Waals surface area contributed by atoms with Crippen LogP contribution in [0.25, 0.3) is 0 Å². The van der Waals surface area contributed by atoms with Crippen LogP contribution < -0.4 is 0 Å². The van der Waals surface area contributed by atoms with Crippen molar-refractivity contribution < 1.29 is 18.9 Å². The fourth-order valence-corrected chi connectivity index (χ4v) is 1.23. The van der Waals surface area contributed by atoms with Crippen LogP contribution in [-0.4, -0.2) is 51.2 Å². The van der Waals surface area contributed by atoms with E-state index >= 15 is 0 Å². The van der Waals surface area contributed by atoms with Crippen molar-refractivity contribution in [2.24, 2.45) is 0 Å². The quantitative estimate of drug-likeness (QED) is 0.408. The van der Waals surface area contributed by atoms with Crippen LogP contribution >= 0.6 is 12.6 Å². The van der Waals surface area contributed by atoms with Gasteiger partial charge in [0, 0.05) is 0 Å². The van der Waals surface area contributed by atoms with E-state index in [2.05, 4.69) is 12.6 Å². The van der Waals surface area contributed by atoms with Gasteiger partial charge in [-0.15, -0.1) is 12.6 Å². The van der Waals surface area contributed by atoms with E-state index in [1.54, 1.807) is 0 Å². The Morgan fingerprint density at radius 1 is 1.43 bits per heavy atom. The molecule has 84 valence electrons. The highest BCUT2D eigenvalue weighted by Gasteiger charge is 2.13. The van der Waals surface area contributed by atoms with Crippen LogP contribution in [0.15, 0.2) is 0 Å². The average molecular weight is 222 g/mol. The zero-order chi connectivity index (χ0) is 10.2. The summed E-state index contributed by atoms with van der Waals surface area (Å²) in [6.07, 6.45) is 0.0807. The lowest BCUT2D eigenvalue weighted by Crippen LogP contribution is -2.32. The monoisotopic (exact) mass is 222 g/mol. The van der Waals surface area contributed by atoms with E-state index in [0.29, 0.717) is 39.6 Å². The summed E-state index contributed by atoms with van der Waals surface area (Å²) in [5.74, 6) is 0. The maximum absolute atomic E-state index is 5.40. The molecule has 1 fully saturated rings. The Bertz CT molecular complexity index is 137. The highest BCUT2D eigenvalue weighted by atomic mass is 32.1. The van der Waals surface area contributed by atoms with Gasteiger partial charge in [0.05, 0.1) is 45.1 Å². The van der Waals surface area contributed by atoms with Crippen molar-refractivity contribution in [1.29, 1.82) is 0 Å². The second kappa shape index (κ2) is 7.48. The summed E-state index contributed by atoms with van der Waals surface area (Å²) in [5, 5.41) is 0. The van der Waals surface area contributed by atoms with Gasteiger partial charge in [-0.1, -0.05) is 0 Å². The first-order chi connectivity index (χ1) is 6.79. The Morgan fingerprint density at radius 2 is 2.29 bits per heavy atom. The third-order valence-corrected chi connectivity index (χ3v) is 1.92. The van der Waals surface area contributed by atoms with Crippen LogP contribution in [0.5, 0.6) is 0 Å². The normalized spacial score (nSPS) is 24.9. The van der Waals surface area contributed by atoms with E-state index in [-0.39, 0.29) is 11.5 Å². The van der Waals surface area contributed by atoms with Gasteiger partial charge in [0.2, 0.25) is 0 Å². The minimum atomic E-state index is -0.0344. The number of rotatable bonds is 6. The van der Waals surface area contributed by atoms with Crippen molar-refractivity contribution in [3.63, 3.8) is 0 Å². The lowest BCUT2D eigenvalue weighted by atomic mass is 10.4. The third-order valence-electron chi connectivity index (χ3n) is 1.78. The topological polar surface area (TPSA) is 36.9 Å². The Labute approximate surface area is 90.3 Å². The number of hydrogen-bond acceptors (Lipinski definition) is 5. The molecule has 0 amide bonds. The van der Waals surface area contributed by atoms with E-state index in [1.165, 1.54) is 0 Å². The SMILES string of the molecule is CC(S)OCCOCC1COCCO1. The van der Waals surface area contributed by atoms with Crippen molar-refractivity contribution in [2.75, 3.05) is 39.6 Å². The second-order valence-electron chi connectivity index (χ2n) is 3.11. The van der Waals surface area contributed by atoms with Gasteiger partial charge in [-0.05, 0) is 6.92 Å². The first-order valence-electron chi connectivity index (χ1n) is 4.86. The van der Waals surface area contributed by atoms with Gasteiger partial charge in [-0.3, -0.25) is 0 Å². The van der Waals surface area contributed by atoms with Gasteiger partial charge in [-0.2, -0.15) is 0 Å². The highest BCUT2D eigenvalue weighted by molar-refractivity contribution is 7.80. The van der Waals surface area contributed by atoms with E-state index in [1.807, 2.05) is 6.92 Å². The van der Waals surface area contributed by atoms with E-state index < -0.39 is 0 Å². The summed E-state index contributed by atoms with van der Waals surface area (Å²) in [7, 11) is 0. The Hall–Kier alpha value is 0.190. The molecule has 0 N–H and O–H groups in total. The van der Waals surface area contributed by atoms with Gasteiger partial charge in [-0.25, -0.2) is 0 Å². The molecule has 0 saturated carbocycles. The maximum Gasteiger partial charge on any atom is 0.104 e. The zero-order valence-electron chi connectivity index (χ0n) is 8.48. The van der Waals surface area contributed by atoms with Crippen LogP contribution in [-0.2, 0) is 18.9 Å². The molecule has 2 unspecified atom stereocenters.